The maximum Gasteiger partial charge on any atom is 0.225 e. The predicted molar refractivity (Wildman–Crippen MR) is 104 cm³/mol. The Kier molecular flexibility index (Phi) is 4.64. The van der Waals surface area contributed by atoms with Crippen molar-refractivity contribution < 1.29 is 9.53 Å². The summed E-state index contributed by atoms with van der Waals surface area (Å²) in [5, 5.41) is 5.42. The highest BCUT2D eigenvalue weighted by atomic mass is 16.5. The minimum Gasteiger partial charge on any atom is -0.474 e. The van der Waals surface area contributed by atoms with Gasteiger partial charge in [-0.25, -0.2) is 4.98 Å². The molecule has 3 heterocycles. The van der Waals surface area contributed by atoms with Gasteiger partial charge in [-0.15, -0.1) is 0 Å². The highest BCUT2D eigenvalue weighted by molar-refractivity contribution is 5.86. The van der Waals surface area contributed by atoms with Crippen LogP contribution < -0.4 is 4.74 Å². The van der Waals surface area contributed by atoms with Gasteiger partial charge in [0, 0.05) is 49.5 Å². The monoisotopic (exact) mass is 364 g/mol. The van der Waals surface area contributed by atoms with E-state index in [4.69, 9.17) is 9.72 Å². The number of ether oxygens (including phenoxy) is 1. The number of pyridine rings is 2. The average molecular weight is 364 g/mol. The Hall–Kier alpha value is -2.76. The van der Waals surface area contributed by atoms with Crippen LogP contribution in [0, 0.1) is 5.92 Å². The zero-order valence-corrected chi connectivity index (χ0v) is 16.0. The number of carbonyl (C=O) groups excluding carboxylic acids is 1. The largest absolute Gasteiger partial charge is 0.474 e. The molecule has 2 atom stereocenters. The molecule has 1 aliphatic rings. The molecule has 27 heavy (non-hydrogen) atoms. The summed E-state index contributed by atoms with van der Waals surface area (Å²) in [6, 6.07) is 6.02. The molecule has 4 rings (SSSR count). The summed E-state index contributed by atoms with van der Waals surface area (Å²) in [7, 11) is 1.89. The highest BCUT2D eigenvalue weighted by Gasteiger charge is 2.29. The summed E-state index contributed by atoms with van der Waals surface area (Å²) in [5.41, 5.74) is 3.62. The minimum absolute atomic E-state index is 0.0665. The molecule has 3 aromatic rings. The molecule has 0 spiro atoms. The summed E-state index contributed by atoms with van der Waals surface area (Å²) < 4.78 is 8.01. The molecule has 3 aromatic heterocycles. The second kappa shape index (κ2) is 7.10. The Bertz CT molecular complexity index is 978. The molecule has 1 saturated carbocycles. The van der Waals surface area contributed by atoms with E-state index in [0.717, 1.165) is 40.7 Å². The number of hydrogen-bond acceptors (Lipinski definition) is 5. The second-order valence-corrected chi connectivity index (χ2v) is 7.30. The fourth-order valence-corrected chi connectivity index (χ4v) is 3.65. The van der Waals surface area contributed by atoms with E-state index in [9.17, 15) is 4.79 Å². The summed E-state index contributed by atoms with van der Waals surface area (Å²) in [4.78, 5) is 20.9. The van der Waals surface area contributed by atoms with E-state index in [2.05, 4.69) is 17.0 Å². The Balaban J connectivity index is 1.70. The summed E-state index contributed by atoms with van der Waals surface area (Å²) in [6.07, 6.45) is 6.74. The van der Waals surface area contributed by atoms with Crippen LogP contribution in [-0.4, -0.2) is 31.6 Å². The fraction of sp³-hybridized carbons (Fsp3) is 0.429. The number of carbonyl (C=O) groups is 1. The molecule has 1 fully saturated rings. The third-order valence-electron chi connectivity index (χ3n) is 5.31. The van der Waals surface area contributed by atoms with E-state index >= 15 is 0 Å². The molecule has 0 aliphatic heterocycles. The van der Waals surface area contributed by atoms with Crippen LogP contribution >= 0.6 is 0 Å². The normalized spacial score (nSPS) is 18.2. The standard InChI is InChI=1S/C21H24N4O2/c1-4-16-7-5-15(11-22-16)19-10-20-18(12-25(3)24-20)21(23-19)27-13(2)14-6-8-17(26)9-14/h5,7,10-14H,4,6,8-9H2,1-3H3/t13-,14+/m1/s1. The third kappa shape index (κ3) is 3.56. The Labute approximate surface area is 158 Å². The van der Waals surface area contributed by atoms with Crippen LogP contribution in [-0.2, 0) is 18.3 Å². The molecular formula is C21H24N4O2. The van der Waals surface area contributed by atoms with E-state index in [1.54, 1.807) is 4.68 Å². The lowest BCUT2D eigenvalue weighted by Gasteiger charge is -2.20. The van der Waals surface area contributed by atoms with Crippen LogP contribution in [0.3, 0.4) is 0 Å². The van der Waals surface area contributed by atoms with Gasteiger partial charge in [0.15, 0.2) is 0 Å². The Morgan fingerprint density at radius 1 is 1.37 bits per heavy atom. The van der Waals surface area contributed by atoms with Crippen molar-refractivity contribution in [1.29, 1.82) is 0 Å². The zero-order valence-electron chi connectivity index (χ0n) is 16.0. The van der Waals surface area contributed by atoms with Crippen LogP contribution in [0.1, 0.15) is 38.8 Å². The average Bonchev–Trinajstić information content (AvgIpc) is 3.26. The Morgan fingerprint density at radius 3 is 2.89 bits per heavy atom. The smallest absolute Gasteiger partial charge is 0.225 e. The first kappa shape index (κ1) is 17.6. The number of fused-ring (bicyclic) bond motifs is 1. The van der Waals surface area contributed by atoms with Gasteiger partial charge in [0.25, 0.3) is 0 Å². The SMILES string of the molecule is CCc1ccc(-c2cc3nn(C)cc3c(O[C@H](C)[C@H]3CCC(=O)C3)n2)cn1. The number of aryl methyl sites for hydroxylation is 2. The van der Waals surface area contributed by atoms with E-state index in [1.807, 2.05) is 44.6 Å². The number of nitrogens with zero attached hydrogens (tertiary/aromatic N) is 4. The first-order valence-electron chi connectivity index (χ1n) is 9.51. The van der Waals surface area contributed by atoms with Gasteiger partial charge in [-0.05, 0) is 38.0 Å². The van der Waals surface area contributed by atoms with Crippen molar-refractivity contribution in [3.8, 4) is 17.1 Å². The van der Waals surface area contributed by atoms with Crippen LogP contribution in [0.5, 0.6) is 5.88 Å². The summed E-state index contributed by atoms with van der Waals surface area (Å²) >= 11 is 0. The quantitative estimate of drug-likeness (QED) is 0.690. The van der Waals surface area contributed by atoms with Gasteiger partial charge in [0.05, 0.1) is 16.6 Å². The molecule has 0 unspecified atom stereocenters. The van der Waals surface area contributed by atoms with E-state index < -0.39 is 0 Å². The lowest BCUT2D eigenvalue weighted by atomic mass is 10.0. The molecule has 0 aromatic carbocycles. The van der Waals surface area contributed by atoms with Crippen LogP contribution in [0.25, 0.3) is 22.2 Å². The van der Waals surface area contributed by atoms with Gasteiger partial charge in [0.1, 0.15) is 11.9 Å². The molecule has 0 radical (unpaired) electrons. The predicted octanol–water partition coefficient (Wildman–Crippen LogP) is 3.73. The van der Waals surface area contributed by atoms with Crippen LogP contribution in [0.15, 0.2) is 30.6 Å². The zero-order chi connectivity index (χ0) is 19.0. The number of Topliss-reactive ketones (excluding diaryl/α,β-unsaturated/α-hetero) is 1. The molecule has 140 valence electrons. The molecule has 1 aliphatic carbocycles. The molecule has 0 N–H and O–H groups in total. The van der Waals surface area contributed by atoms with E-state index in [0.29, 0.717) is 24.5 Å². The fourth-order valence-electron chi connectivity index (χ4n) is 3.65. The lowest BCUT2D eigenvalue weighted by Crippen LogP contribution is -2.22. The topological polar surface area (TPSA) is 69.9 Å². The molecular weight excluding hydrogens is 340 g/mol. The van der Waals surface area contributed by atoms with Crippen LogP contribution in [0.4, 0.5) is 0 Å². The van der Waals surface area contributed by atoms with Crippen molar-refractivity contribution >= 4 is 16.7 Å². The van der Waals surface area contributed by atoms with Crippen molar-refractivity contribution in [3.05, 3.63) is 36.3 Å². The third-order valence-corrected chi connectivity index (χ3v) is 5.31. The number of ketones is 1. The van der Waals surface area contributed by atoms with Crippen molar-refractivity contribution in [1.82, 2.24) is 19.7 Å². The number of aromatic nitrogens is 4. The molecule has 0 saturated heterocycles. The summed E-state index contributed by atoms with van der Waals surface area (Å²) in [6.45, 7) is 4.11. The second-order valence-electron chi connectivity index (χ2n) is 7.30. The van der Waals surface area contributed by atoms with Gasteiger partial charge >= 0.3 is 0 Å². The number of hydrogen-bond donors (Lipinski definition) is 0. The summed E-state index contributed by atoms with van der Waals surface area (Å²) in [5.74, 6) is 1.15. The van der Waals surface area contributed by atoms with Gasteiger partial charge in [0.2, 0.25) is 5.88 Å². The van der Waals surface area contributed by atoms with Gasteiger partial charge in [-0.2, -0.15) is 5.10 Å². The van der Waals surface area contributed by atoms with Crippen molar-refractivity contribution in [2.24, 2.45) is 13.0 Å². The van der Waals surface area contributed by atoms with E-state index in [-0.39, 0.29) is 12.0 Å². The number of rotatable bonds is 5. The highest BCUT2D eigenvalue weighted by Crippen LogP contribution is 2.32. The lowest BCUT2D eigenvalue weighted by molar-refractivity contribution is -0.117. The van der Waals surface area contributed by atoms with Gasteiger partial charge < -0.3 is 4.74 Å². The van der Waals surface area contributed by atoms with Gasteiger partial charge in [-0.3, -0.25) is 14.5 Å². The maximum absolute atomic E-state index is 11.6. The molecule has 0 amide bonds. The first-order chi connectivity index (χ1) is 13.0. The molecule has 6 heteroatoms. The molecule has 6 nitrogen and oxygen atoms in total. The van der Waals surface area contributed by atoms with Crippen molar-refractivity contribution in [2.45, 2.75) is 45.6 Å². The van der Waals surface area contributed by atoms with E-state index in [1.165, 1.54) is 0 Å². The minimum atomic E-state index is -0.0665. The van der Waals surface area contributed by atoms with Crippen molar-refractivity contribution in [3.63, 3.8) is 0 Å². The van der Waals surface area contributed by atoms with Gasteiger partial charge in [-0.1, -0.05) is 6.92 Å². The first-order valence-corrected chi connectivity index (χ1v) is 9.51. The molecule has 0 bridgehead atoms. The Morgan fingerprint density at radius 2 is 2.22 bits per heavy atom. The van der Waals surface area contributed by atoms with Crippen molar-refractivity contribution in [2.75, 3.05) is 0 Å². The maximum atomic E-state index is 11.6. The van der Waals surface area contributed by atoms with Crippen LogP contribution in [0.2, 0.25) is 0 Å².